The highest BCUT2D eigenvalue weighted by Crippen LogP contribution is 2.21. The number of hydrogen-bond donors (Lipinski definition) is 1. The Morgan fingerprint density at radius 2 is 1.19 bits per heavy atom. The number of aliphatic hydroxyl groups excluding tert-OH is 1. The molecule has 3 aromatic heterocycles. The lowest BCUT2D eigenvalue weighted by molar-refractivity contribution is 0.232. The topological polar surface area (TPSA) is 67.1 Å². The summed E-state index contributed by atoms with van der Waals surface area (Å²) in [5.41, 5.74) is 4.39. The van der Waals surface area contributed by atoms with Crippen LogP contribution in [0, 0.1) is 0 Å². The van der Waals surface area contributed by atoms with Gasteiger partial charge in [-0.1, -0.05) is 69.2 Å². The smallest absolute Gasteiger partial charge is 0.124 e. The first-order chi connectivity index (χ1) is 18.3. The van der Waals surface area contributed by atoms with Gasteiger partial charge in [-0.05, 0) is 49.2 Å². The third kappa shape index (κ3) is 8.76. The Balaban J connectivity index is 1.39. The van der Waals surface area contributed by atoms with Crippen LogP contribution < -0.4 is 0 Å². The van der Waals surface area contributed by atoms with E-state index in [-0.39, 0.29) is 0 Å². The fraction of sp³-hybridized carbons (Fsp3) is 0.452. The van der Waals surface area contributed by atoms with Gasteiger partial charge in [-0.25, -0.2) is 4.98 Å². The third-order valence-corrected chi connectivity index (χ3v) is 6.86. The van der Waals surface area contributed by atoms with E-state index in [0.29, 0.717) is 6.61 Å². The molecule has 0 amide bonds. The fourth-order valence-corrected chi connectivity index (χ4v) is 4.92. The zero-order valence-corrected chi connectivity index (χ0v) is 22.0. The van der Waals surface area contributed by atoms with Crippen LogP contribution in [-0.4, -0.2) is 36.1 Å². The number of aliphatic hydroxyl groups is 1. The standard InChI is InChI=1S/C31H41N5O/c37-23-15-7-5-3-1-2-4-6-14-22-36-30-19-9-8-18-29(30)34-31(36)26-35(24-27-16-10-12-20-32-27)25-28-17-11-13-21-33-28/h8-13,16-21,37H,1-7,14-15,22-26H2. The zero-order valence-electron chi connectivity index (χ0n) is 22.0. The number of nitrogens with zero attached hydrogens (tertiary/aromatic N) is 5. The van der Waals surface area contributed by atoms with Crippen LogP contribution in [0.15, 0.2) is 73.1 Å². The summed E-state index contributed by atoms with van der Waals surface area (Å²) in [6.45, 7) is 3.57. The van der Waals surface area contributed by atoms with Crippen molar-refractivity contribution < 1.29 is 5.11 Å². The molecule has 0 saturated carbocycles. The second-order valence-corrected chi connectivity index (χ2v) is 9.86. The summed E-state index contributed by atoms with van der Waals surface area (Å²) in [6.07, 6.45) is 14.7. The summed E-state index contributed by atoms with van der Waals surface area (Å²) in [7, 11) is 0. The highest BCUT2D eigenvalue weighted by molar-refractivity contribution is 5.75. The van der Waals surface area contributed by atoms with Crippen LogP contribution in [0.1, 0.15) is 75.0 Å². The number of rotatable bonds is 17. The van der Waals surface area contributed by atoms with Crippen molar-refractivity contribution in [1.82, 2.24) is 24.4 Å². The molecule has 4 aromatic rings. The van der Waals surface area contributed by atoms with Crippen LogP contribution in [0.25, 0.3) is 11.0 Å². The number of para-hydroxylation sites is 2. The highest BCUT2D eigenvalue weighted by atomic mass is 16.2. The summed E-state index contributed by atoms with van der Waals surface area (Å²) in [6, 6.07) is 20.7. The van der Waals surface area contributed by atoms with E-state index in [2.05, 4.69) is 55.8 Å². The molecular formula is C31H41N5O. The summed E-state index contributed by atoms with van der Waals surface area (Å²) in [5.74, 6) is 1.11. The Hall–Kier alpha value is -3.09. The number of benzene rings is 1. The van der Waals surface area contributed by atoms with Gasteiger partial charge in [-0.2, -0.15) is 0 Å². The van der Waals surface area contributed by atoms with Gasteiger partial charge in [0.1, 0.15) is 5.82 Å². The SMILES string of the molecule is OCCCCCCCCCCCn1c(CN(Cc2ccccn2)Cc2ccccn2)nc2ccccc21. The number of pyridine rings is 2. The molecule has 0 unspecified atom stereocenters. The number of aryl methyl sites for hydroxylation is 1. The maximum absolute atomic E-state index is 8.90. The molecule has 0 aliphatic carbocycles. The second kappa shape index (κ2) is 15.2. The van der Waals surface area contributed by atoms with Crippen LogP contribution in [0.2, 0.25) is 0 Å². The van der Waals surface area contributed by atoms with E-state index >= 15 is 0 Å². The van der Waals surface area contributed by atoms with Crippen LogP contribution >= 0.6 is 0 Å². The van der Waals surface area contributed by atoms with Crippen molar-refractivity contribution in [2.24, 2.45) is 0 Å². The van der Waals surface area contributed by atoms with Gasteiger partial charge in [-0.3, -0.25) is 14.9 Å². The van der Waals surface area contributed by atoms with Gasteiger partial charge in [0, 0.05) is 38.6 Å². The van der Waals surface area contributed by atoms with E-state index in [0.717, 1.165) is 61.7 Å². The van der Waals surface area contributed by atoms with Crippen molar-refractivity contribution in [2.45, 2.75) is 84.0 Å². The van der Waals surface area contributed by atoms with Crippen LogP contribution in [0.5, 0.6) is 0 Å². The number of fused-ring (bicyclic) bond motifs is 1. The molecular weight excluding hydrogens is 458 g/mol. The molecule has 0 spiro atoms. The average molecular weight is 500 g/mol. The van der Waals surface area contributed by atoms with E-state index in [9.17, 15) is 0 Å². The molecule has 0 aliphatic rings. The zero-order chi connectivity index (χ0) is 25.5. The first-order valence-corrected chi connectivity index (χ1v) is 13.9. The fourth-order valence-electron chi connectivity index (χ4n) is 4.92. The van der Waals surface area contributed by atoms with Crippen molar-refractivity contribution in [2.75, 3.05) is 6.61 Å². The molecule has 0 bridgehead atoms. The first-order valence-electron chi connectivity index (χ1n) is 13.9. The number of unbranched alkanes of at least 4 members (excludes halogenated alkanes) is 8. The van der Waals surface area contributed by atoms with Gasteiger partial charge >= 0.3 is 0 Å². The number of aromatic nitrogens is 4. The molecule has 0 saturated heterocycles. The molecule has 0 fully saturated rings. The summed E-state index contributed by atoms with van der Waals surface area (Å²) < 4.78 is 2.42. The van der Waals surface area contributed by atoms with Crippen molar-refractivity contribution in [3.63, 3.8) is 0 Å². The van der Waals surface area contributed by atoms with Gasteiger partial charge in [0.25, 0.3) is 0 Å². The molecule has 4 rings (SSSR count). The van der Waals surface area contributed by atoms with Gasteiger partial charge in [0.2, 0.25) is 0 Å². The largest absolute Gasteiger partial charge is 0.396 e. The van der Waals surface area contributed by atoms with Crippen molar-refractivity contribution in [3.8, 4) is 0 Å². The predicted molar refractivity (Wildman–Crippen MR) is 150 cm³/mol. The minimum absolute atomic E-state index is 0.328. The van der Waals surface area contributed by atoms with Crippen molar-refractivity contribution >= 4 is 11.0 Å². The Morgan fingerprint density at radius 1 is 0.622 bits per heavy atom. The summed E-state index contributed by atoms with van der Waals surface area (Å²) >= 11 is 0. The number of hydrogen-bond acceptors (Lipinski definition) is 5. The lowest BCUT2D eigenvalue weighted by atomic mass is 10.1. The Labute approximate surface area is 221 Å². The van der Waals surface area contributed by atoms with Crippen LogP contribution in [-0.2, 0) is 26.2 Å². The lowest BCUT2D eigenvalue weighted by Crippen LogP contribution is -2.25. The minimum atomic E-state index is 0.328. The van der Waals surface area contributed by atoms with Crippen molar-refractivity contribution in [1.29, 1.82) is 0 Å². The van der Waals surface area contributed by atoms with Gasteiger partial charge < -0.3 is 9.67 Å². The van der Waals surface area contributed by atoms with E-state index < -0.39 is 0 Å². The monoisotopic (exact) mass is 499 g/mol. The lowest BCUT2D eigenvalue weighted by Gasteiger charge is -2.22. The molecule has 0 atom stereocenters. The molecule has 1 aromatic carbocycles. The minimum Gasteiger partial charge on any atom is -0.396 e. The Bertz CT molecular complexity index is 1120. The highest BCUT2D eigenvalue weighted by Gasteiger charge is 2.16. The normalized spacial score (nSPS) is 11.5. The van der Waals surface area contributed by atoms with E-state index in [1.165, 1.54) is 50.5 Å². The van der Waals surface area contributed by atoms with Gasteiger partial charge in [0.05, 0.1) is 29.0 Å². The van der Waals surface area contributed by atoms with E-state index in [1.807, 2.05) is 36.7 Å². The Kier molecular flexibility index (Phi) is 11.1. The first kappa shape index (κ1) is 27.0. The van der Waals surface area contributed by atoms with Gasteiger partial charge in [0.15, 0.2) is 0 Å². The molecule has 1 N–H and O–H groups in total. The molecule has 6 heteroatoms. The molecule has 3 heterocycles. The molecule has 37 heavy (non-hydrogen) atoms. The van der Waals surface area contributed by atoms with Crippen LogP contribution in [0.4, 0.5) is 0 Å². The third-order valence-electron chi connectivity index (χ3n) is 6.86. The molecule has 196 valence electrons. The average Bonchev–Trinajstić information content (AvgIpc) is 3.27. The molecule has 6 nitrogen and oxygen atoms in total. The quantitative estimate of drug-likeness (QED) is 0.167. The van der Waals surface area contributed by atoms with Gasteiger partial charge in [-0.15, -0.1) is 0 Å². The Morgan fingerprint density at radius 3 is 1.78 bits per heavy atom. The molecule has 0 aliphatic heterocycles. The molecule has 0 radical (unpaired) electrons. The summed E-state index contributed by atoms with van der Waals surface area (Å²) in [5, 5.41) is 8.90. The predicted octanol–water partition coefficient (Wildman–Crippen LogP) is 6.53. The van der Waals surface area contributed by atoms with Crippen molar-refractivity contribution in [3.05, 3.63) is 90.3 Å². The van der Waals surface area contributed by atoms with E-state index in [4.69, 9.17) is 10.1 Å². The maximum Gasteiger partial charge on any atom is 0.124 e. The van der Waals surface area contributed by atoms with Crippen LogP contribution in [0.3, 0.4) is 0 Å². The second-order valence-electron chi connectivity index (χ2n) is 9.86. The maximum atomic E-state index is 8.90. The summed E-state index contributed by atoms with van der Waals surface area (Å²) in [4.78, 5) is 16.6. The van der Waals surface area contributed by atoms with E-state index in [1.54, 1.807) is 0 Å². The number of imidazole rings is 1.